The minimum Gasteiger partial charge on any atom is -0.390 e. The van der Waals surface area contributed by atoms with E-state index in [1.807, 2.05) is 6.92 Å². The molecule has 0 aromatic heterocycles. The highest BCUT2D eigenvalue weighted by atomic mass is 16.5. The summed E-state index contributed by atoms with van der Waals surface area (Å²) < 4.78 is 5.26. The molecule has 1 aliphatic heterocycles. The van der Waals surface area contributed by atoms with Crippen molar-refractivity contribution < 1.29 is 9.84 Å². The summed E-state index contributed by atoms with van der Waals surface area (Å²) in [5.74, 6) is 0. The number of hydrogen-bond acceptors (Lipinski definition) is 2. The Hall–Kier alpha value is -0.0800. The third kappa shape index (κ3) is 1.66. The minimum atomic E-state index is -0.229. The van der Waals surface area contributed by atoms with Crippen molar-refractivity contribution >= 4 is 0 Å². The molecule has 0 aliphatic carbocycles. The first kappa shape index (κ1) is 7.03. The summed E-state index contributed by atoms with van der Waals surface area (Å²) in [5, 5.41) is 9.23. The van der Waals surface area contributed by atoms with Crippen LogP contribution < -0.4 is 0 Å². The topological polar surface area (TPSA) is 29.5 Å². The van der Waals surface area contributed by atoms with Gasteiger partial charge in [0.2, 0.25) is 0 Å². The van der Waals surface area contributed by atoms with Crippen LogP contribution in [0, 0.1) is 0 Å². The quantitative estimate of drug-likeness (QED) is 0.602. The zero-order chi connectivity index (χ0) is 6.69. The summed E-state index contributed by atoms with van der Waals surface area (Å²) in [7, 11) is 0. The maximum absolute atomic E-state index is 9.23. The molecule has 1 fully saturated rings. The molecule has 2 nitrogen and oxygen atoms in total. The second-order valence-electron chi connectivity index (χ2n) is 2.53. The molecule has 1 rings (SSSR count). The van der Waals surface area contributed by atoms with Gasteiger partial charge in [-0.15, -0.1) is 0 Å². The van der Waals surface area contributed by atoms with Crippen LogP contribution in [0.15, 0.2) is 0 Å². The summed E-state index contributed by atoms with van der Waals surface area (Å²) >= 11 is 0. The Morgan fingerprint density at radius 2 is 2.56 bits per heavy atom. The van der Waals surface area contributed by atoms with E-state index < -0.39 is 0 Å². The zero-order valence-electron chi connectivity index (χ0n) is 5.84. The van der Waals surface area contributed by atoms with Gasteiger partial charge < -0.3 is 9.84 Å². The summed E-state index contributed by atoms with van der Waals surface area (Å²) in [6.07, 6.45) is 2.86. The number of aliphatic hydroxyl groups is 1. The summed E-state index contributed by atoms with van der Waals surface area (Å²) in [6, 6.07) is 0. The Bertz CT molecular complexity index is 77.0. The van der Waals surface area contributed by atoms with Gasteiger partial charge in [0.05, 0.1) is 12.2 Å². The van der Waals surface area contributed by atoms with Crippen LogP contribution in [0.1, 0.15) is 26.2 Å². The first-order valence-corrected chi connectivity index (χ1v) is 3.64. The molecular weight excluding hydrogens is 116 g/mol. The van der Waals surface area contributed by atoms with Crippen molar-refractivity contribution in [3.05, 3.63) is 0 Å². The van der Waals surface area contributed by atoms with Crippen LogP contribution in [0.3, 0.4) is 0 Å². The fraction of sp³-hybridized carbons (Fsp3) is 1.00. The lowest BCUT2D eigenvalue weighted by Gasteiger charge is -2.14. The van der Waals surface area contributed by atoms with Crippen LogP contribution in [0.25, 0.3) is 0 Å². The van der Waals surface area contributed by atoms with E-state index in [0.717, 1.165) is 25.9 Å². The molecule has 0 bridgehead atoms. The molecule has 0 spiro atoms. The molecule has 2 atom stereocenters. The molecule has 1 heterocycles. The summed E-state index contributed by atoms with van der Waals surface area (Å²) in [6.45, 7) is 2.81. The Morgan fingerprint density at radius 1 is 1.78 bits per heavy atom. The lowest BCUT2D eigenvalue weighted by Crippen LogP contribution is -2.23. The van der Waals surface area contributed by atoms with Gasteiger partial charge in [0.1, 0.15) is 0 Å². The van der Waals surface area contributed by atoms with Crippen LogP contribution in [0.4, 0.5) is 0 Å². The smallest absolute Gasteiger partial charge is 0.0834 e. The Kier molecular flexibility index (Phi) is 2.49. The van der Waals surface area contributed by atoms with E-state index in [1.165, 1.54) is 0 Å². The van der Waals surface area contributed by atoms with Crippen molar-refractivity contribution in [1.82, 2.24) is 0 Å². The maximum atomic E-state index is 9.23. The van der Waals surface area contributed by atoms with Crippen molar-refractivity contribution in [2.75, 3.05) is 6.61 Å². The van der Waals surface area contributed by atoms with Gasteiger partial charge in [-0.1, -0.05) is 6.92 Å². The highest BCUT2D eigenvalue weighted by Gasteiger charge is 2.21. The highest BCUT2D eigenvalue weighted by Crippen LogP contribution is 2.16. The van der Waals surface area contributed by atoms with Crippen molar-refractivity contribution in [2.45, 2.75) is 38.4 Å². The Balaban J connectivity index is 2.24. The SMILES string of the molecule is CCC(O)[C@H]1CCCO1. The average Bonchev–Trinajstić information content (AvgIpc) is 2.37. The predicted molar refractivity (Wildman–Crippen MR) is 35.3 cm³/mol. The fourth-order valence-electron chi connectivity index (χ4n) is 1.17. The lowest BCUT2D eigenvalue weighted by atomic mass is 10.1. The van der Waals surface area contributed by atoms with E-state index in [9.17, 15) is 5.11 Å². The third-order valence-corrected chi connectivity index (χ3v) is 1.81. The van der Waals surface area contributed by atoms with Gasteiger partial charge in [-0.25, -0.2) is 0 Å². The van der Waals surface area contributed by atoms with E-state index >= 15 is 0 Å². The van der Waals surface area contributed by atoms with Gasteiger partial charge in [0.15, 0.2) is 0 Å². The highest BCUT2D eigenvalue weighted by molar-refractivity contribution is 4.71. The van der Waals surface area contributed by atoms with Gasteiger partial charge in [0, 0.05) is 6.61 Å². The van der Waals surface area contributed by atoms with E-state index in [0.29, 0.717) is 0 Å². The lowest BCUT2D eigenvalue weighted by molar-refractivity contribution is -0.00279. The predicted octanol–water partition coefficient (Wildman–Crippen LogP) is 0.936. The molecule has 0 saturated carbocycles. The van der Waals surface area contributed by atoms with Crippen LogP contribution in [-0.4, -0.2) is 23.9 Å². The van der Waals surface area contributed by atoms with Crippen LogP contribution in [0.5, 0.6) is 0 Å². The van der Waals surface area contributed by atoms with E-state index in [4.69, 9.17) is 4.74 Å². The van der Waals surface area contributed by atoms with Crippen molar-refractivity contribution in [1.29, 1.82) is 0 Å². The molecule has 1 saturated heterocycles. The maximum Gasteiger partial charge on any atom is 0.0834 e. The first-order valence-electron chi connectivity index (χ1n) is 3.64. The van der Waals surface area contributed by atoms with E-state index in [-0.39, 0.29) is 12.2 Å². The minimum absolute atomic E-state index is 0.134. The second-order valence-corrected chi connectivity index (χ2v) is 2.53. The number of aliphatic hydroxyl groups excluding tert-OH is 1. The van der Waals surface area contributed by atoms with Gasteiger partial charge >= 0.3 is 0 Å². The normalized spacial score (nSPS) is 30.7. The fourth-order valence-corrected chi connectivity index (χ4v) is 1.17. The second kappa shape index (κ2) is 3.18. The monoisotopic (exact) mass is 130 g/mol. The largest absolute Gasteiger partial charge is 0.390 e. The first-order chi connectivity index (χ1) is 4.34. The van der Waals surface area contributed by atoms with Crippen molar-refractivity contribution in [3.8, 4) is 0 Å². The van der Waals surface area contributed by atoms with Crippen LogP contribution >= 0.6 is 0 Å². The molecule has 0 aromatic rings. The van der Waals surface area contributed by atoms with Gasteiger partial charge in [-0.3, -0.25) is 0 Å². The Labute approximate surface area is 55.8 Å². The molecule has 1 N–H and O–H groups in total. The zero-order valence-corrected chi connectivity index (χ0v) is 5.84. The summed E-state index contributed by atoms with van der Waals surface area (Å²) in [5.41, 5.74) is 0. The number of rotatable bonds is 2. The van der Waals surface area contributed by atoms with Crippen LogP contribution in [0.2, 0.25) is 0 Å². The van der Waals surface area contributed by atoms with Crippen LogP contribution in [-0.2, 0) is 4.74 Å². The summed E-state index contributed by atoms with van der Waals surface area (Å²) in [4.78, 5) is 0. The molecule has 1 aliphatic rings. The number of hydrogen-bond donors (Lipinski definition) is 1. The molecule has 0 radical (unpaired) electrons. The van der Waals surface area contributed by atoms with Crippen molar-refractivity contribution in [3.63, 3.8) is 0 Å². The molecule has 2 heteroatoms. The van der Waals surface area contributed by atoms with E-state index in [1.54, 1.807) is 0 Å². The molecule has 54 valence electrons. The van der Waals surface area contributed by atoms with Gasteiger partial charge in [-0.05, 0) is 19.3 Å². The molecular formula is C7H14O2. The molecule has 0 aromatic carbocycles. The standard InChI is InChI=1S/C7H14O2/c1-2-6(8)7-4-3-5-9-7/h6-8H,2-5H2,1H3/t6?,7-/m1/s1. The van der Waals surface area contributed by atoms with Crippen molar-refractivity contribution in [2.24, 2.45) is 0 Å². The van der Waals surface area contributed by atoms with E-state index in [2.05, 4.69) is 0 Å². The molecule has 1 unspecified atom stereocenters. The van der Waals surface area contributed by atoms with Gasteiger partial charge in [0.25, 0.3) is 0 Å². The van der Waals surface area contributed by atoms with Gasteiger partial charge in [-0.2, -0.15) is 0 Å². The third-order valence-electron chi connectivity index (χ3n) is 1.81. The molecule has 0 amide bonds. The average molecular weight is 130 g/mol. The molecule has 9 heavy (non-hydrogen) atoms. The number of ether oxygens (including phenoxy) is 1. The Morgan fingerprint density at radius 3 is 3.00 bits per heavy atom.